The summed E-state index contributed by atoms with van der Waals surface area (Å²) in [6, 6.07) is 0. The molecule has 0 aliphatic rings. The number of nitrogens with zero attached hydrogens (tertiary/aromatic N) is 1. The van der Waals surface area contributed by atoms with Crippen molar-refractivity contribution in [2.75, 3.05) is 27.7 Å². The highest BCUT2D eigenvalue weighted by Crippen LogP contribution is 2.08. The molecule has 0 aromatic heterocycles. The first-order chi connectivity index (χ1) is 5.41. The van der Waals surface area contributed by atoms with Crippen molar-refractivity contribution >= 4 is 0 Å². The summed E-state index contributed by atoms with van der Waals surface area (Å²) in [4.78, 5) is 2.00. The second-order valence-electron chi connectivity index (χ2n) is 3.57. The normalized spacial score (nSPS) is 11.0. The molecule has 0 fully saturated rings. The van der Waals surface area contributed by atoms with Crippen LogP contribution in [-0.2, 0) is 0 Å². The highest BCUT2D eigenvalue weighted by atomic mass is 16.3. The summed E-state index contributed by atoms with van der Waals surface area (Å²) >= 11 is 0. The largest absolute Gasteiger partial charge is 0.394 e. The summed E-state index contributed by atoms with van der Waals surface area (Å²) in [5.41, 5.74) is 5.33. The lowest BCUT2D eigenvalue weighted by atomic mass is 9.96. The molecule has 0 atom stereocenters. The van der Waals surface area contributed by atoms with Gasteiger partial charge in [-0.3, -0.25) is 0 Å². The lowest BCUT2D eigenvalue weighted by Crippen LogP contribution is -2.42. The Morgan fingerprint density at radius 1 is 1.17 bits per heavy atom. The van der Waals surface area contributed by atoms with Gasteiger partial charge in [-0.05, 0) is 34.0 Å². The number of nitrogens with two attached hydrogens (primary N) is 1. The van der Waals surface area contributed by atoms with Crippen LogP contribution < -0.4 is 5.73 Å². The Labute approximate surface area is 76.6 Å². The number of aliphatic hydroxyl groups excluding tert-OH is 1. The molecule has 3 heteroatoms. The number of rotatable bonds is 3. The van der Waals surface area contributed by atoms with Crippen LogP contribution in [0.1, 0.15) is 26.7 Å². The van der Waals surface area contributed by atoms with Gasteiger partial charge in [0, 0.05) is 5.54 Å². The minimum Gasteiger partial charge on any atom is -0.394 e. The SMILES string of the molecule is CCC(N)(CC)CO.CN(C)C. The van der Waals surface area contributed by atoms with Gasteiger partial charge in [-0.25, -0.2) is 0 Å². The Bertz CT molecular complexity index is 79.5. The molecule has 3 nitrogen and oxygen atoms in total. The standard InChI is InChI=1S/C6H15NO.C3H9N/c1-3-6(7,4-2)5-8;1-4(2)3/h8H,3-5,7H2,1-2H3;1-3H3. The van der Waals surface area contributed by atoms with Crippen molar-refractivity contribution in [1.82, 2.24) is 4.90 Å². The van der Waals surface area contributed by atoms with Gasteiger partial charge in [0.1, 0.15) is 0 Å². The molecule has 12 heavy (non-hydrogen) atoms. The monoisotopic (exact) mass is 176 g/mol. The molecular formula is C9H24N2O. The second-order valence-corrected chi connectivity index (χ2v) is 3.57. The molecule has 0 amide bonds. The van der Waals surface area contributed by atoms with Crippen LogP contribution in [-0.4, -0.2) is 43.3 Å². The summed E-state index contributed by atoms with van der Waals surface area (Å²) in [5.74, 6) is 0. The third kappa shape index (κ3) is 9.88. The molecule has 0 aliphatic heterocycles. The van der Waals surface area contributed by atoms with Gasteiger partial charge in [0.25, 0.3) is 0 Å². The Morgan fingerprint density at radius 3 is 1.42 bits per heavy atom. The van der Waals surface area contributed by atoms with E-state index in [9.17, 15) is 0 Å². The van der Waals surface area contributed by atoms with E-state index in [4.69, 9.17) is 10.8 Å². The molecule has 0 bridgehead atoms. The summed E-state index contributed by atoms with van der Waals surface area (Å²) < 4.78 is 0. The fraction of sp³-hybridized carbons (Fsp3) is 1.00. The highest BCUT2D eigenvalue weighted by Gasteiger charge is 2.17. The van der Waals surface area contributed by atoms with Gasteiger partial charge in [-0.2, -0.15) is 0 Å². The van der Waals surface area contributed by atoms with Crippen LogP contribution in [0.2, 0.25) is 0 Å². The lowest BCUT2D eigenvalue weighted by Gasteiger charge is -2.22. The third-order valence-electron chi connectivity index (χ3n) is 1.72. The molecule has 0 radical (unpaired) electrons. The van der Waals surface area contributed by atoms with Gasteiger partial charge in [0.15, 0.2) is 0 Å². The Hall–Kier alpha value is -0.120. The van der Waals surface area contributed by atoms with Gasteiger partial charge in [0.2, 0.25) is 0 Å². The number of hydrogen-bond donors (Lipinski definition) is 2. The van der Waals surface area contributed by atoms with Crippen LogP contribution >= 0.6 is 0 Å². The van der Waals surface area contributed by atoms with Crippen LogP contribution in [0.25, 0.3) is 0 Å². The van der Waals surface area contributed by atoms with E-state index in [0.29, 0.717) is 0 Å². The fourth-order valence-electron chi connectivity index (χ4n) is 0.474. The zero-order valence-corrected chi connectivity index (χ0v) is 9.09. The molecule has 0 aromatic carbocycles. The molecule has 0 saturated heterocycles. The van der Waals surface area contributed by atoms with Gasteiger partial charge < -0.3 is 15.7 Å². The van der Waals surface area contributed by atoms with Crippen molar-refractivity contribution in [2.45, 2.75) is 32.2 Å². The average Bonchev–Trinajstić information content (AvgIpc) is 2.02. The summed E-state index contributed by atoms with van der Waals surface area (Å²) in [7, 11) is 6.00. The molecule has 0 aliphatic carbocycles. The smallest absolute Gasteiger partial charge is 0.0610 e. The molecule has 76 valence electrons. The number of hydrogen-bond acceptors (Lipinski definition) is 3. The fourth-order valence-corrected chi connectivity index (χ4v) is 0.474. The van der Waals surface area contributed by atoms with E-state index < -0.39 is 0 Å². The maximum Gasteiger partial charge on any atom is 0.0610 e. The van der Waals surface area contributed by atoms with Crippen molar-refractivity contribution in [3.63, 3.8) is 0 Å². The molecule has 0 saturated carbocycles. The third-order valence-corrected chi connectivity index (χ3v) is 1.72. The molecule has 0 unspecified atom stereocenters. The topological polar surface area (TPSA) is 49.5 Å². The van der Waals surface area contributed by atoms with E-state index >= 15 is 0 Å². The lowest BCUT2D eigenvalue weighted by molar-refractivity contribution is 0.187. The van der Waals surface area contributed by atoms with Crippen LogP contribution in [0.5, 0.6) is 0 Å². The average molecular weight is 176 g/mol. The zero-order chi connectivity index (χ0) is 10.2. The molecule has 0 spiro atoms. The van der Waals surface area contributed by atoms with E-state index in [2.05, 4.69) is 0 Å². The maximum absolute atomic E-state index is 8.66. The van der Waals surface area contributed by atoms with Crippen molar-refractivity contribution < 1.29 is 5.11 Å². The van der Waals surface area contributed by atoms with Gasteiger partial charge in [0.05, 0.1) is 6.61 Å². The number of aliphatic hydroxyl groups is 1. The van der Waals surface area contributed by atoms with Gasteiger partial charge in [-0.15, -0.1) is 0 Å². The van der Waals surface area contributed by atoms with Crippen molar-refractivity contribution in [3.05, 3.63) is 0 Å². The predicted molar refractivity (Wildman–Crippen MR) is 54.2 cm³/mol. The molecule has 0 heterocycles. The minimum atomic E-state index is -0.319. The Kier molecular flexibility index (Phi) is 9.03. The van der Waals surface area contributed by atoms with E-state index in [1.165, 1.54) is 0 Å². The van der Waals surface area contributed by atoms with Crippen molar-refractivity contribution in [2.24, 2.45) is 5.73 Å². The van der Waals surface area contributed by atoms with Crippen molar-refractivity contribution in [3.8, 4) is 0 Å². The molecule has 0 rings (SSSR count). The van der Waals surface area contributed by atoms with Crippen LogP contribution in [0, 0.1) is 0 Å². The van der Waals surface area contributed by atoms with E-state index in [1.54, 1.807) is 0 Å². The highest BCUT2D eigenvalue weighted by molar-refractivity contribution is 4.78. The summed E-state index contributed by atoms with van der Waals surface area (Å²) in [6.45, 7) is 4.07. The molecule has 0 aromatic rings. The van der Waals surface area contributed by atoms with E-state index in [0.717, 1.165) is 12.8 Å². The van der Waals surface area contributed by atoms with E-state index in [-0.39, 0.29) is 12.1 Å². The first-order valence-electron chi connectivity index (χ1n) is 4.42. The Morgan fingerprint density at radius 2 is 1.42 bits per heavy atom. The van der Waals surface area contributed by atoms with Gasteiger partial charge in [-0.1, -0.05) is 13.8 Å². The summed E-state index contributed by atoms with van der Waals surface area (Å²) in [5, 5.41) is 8.66. The summed E-state index contributed by atoms with van der Waals surface area (Å²) in [6.07, 6.45) is 1.69. The first-order valence-corrected chi connectivity index (χ1v) is 4.42. The molecular weight excluding hydrogens is 152 g/mol. The maximum atomic E-state index is 8.66. The Balaban J connectivity index is 0. The van der Waals surface area contributed by atoms with E-state index in [1.807, 2.05) is 39.9 Å². The molecule has 3 N–H and O–H groups in total. The van der Waals surface area contributed by atoms with Crippen LogP contribution in [0.15, 0.2) is 0 Å². The van der Waals surface area contributed by atoms with Crippen LogP contribution in [0.3, 0.4) is 0 Å². The first kappa shape index (κ1) is 14.4. The second kappa shape index (κ2) is 7.53. The van der Waals surface area contributed by atoms with Crippen LogP contribution in [0.4, 0.5) is 0 Å². The quantitative estimate of drug-likeness (QED) is 0.664. The minimum absolute atomic E-state index is 0.0972. The zero-order valence-electron chi connectivity index (χ0n) is 9.09. The predicted octanol–water partition coefficient (Wildman–Crippen LogP) is 0.674. The van der Waals surface area contributed by atoms with Gasteiger partial charge >= 0.3 is 0 Å². The van der Waals surface area contributed by atoms with Crippen molar-refractivity contribution in [1.29, 1.82) is 0 Å².